The molecule has 2 aromatic heterocycles. The number of rotatable bonds is 11. The van der Waals surface area contributed by atoms with Gasteiger partial charge in [-0.25, -0.2) is 13.1 Å². The first-order valence-corrected chi connectivity index (χ1v) is 17.6. The minimum absolute atomic E-state index is 0. The number of hydrogen-bond acceptors (Lipinski definition) is 15. The van der Waals surface area contributed by atoms with Gasteiger partial charge in [-0.1, -0.05) is 56.0 Å². The number of carbonyl (C=O) groups is 2. The number of nitrogens with one attached hydrogen (secondary N) is 1. The van der Waals surface area contributed by atoms with Gasteiger partial charge in [0, 0.05) is 16.8 Å². The Morgan fingerprint density at radius 3 is 1.90 bits per heavy atom. The maximum absolute atomic E-state index is 12.7. The van der Waals surface area contributed by atoms with Crippen LogP contribution in [0.4, 0.5) is 28.4 Å². The van der Waals surface area contributed by atoms with Gasteiger partial charge in [0.15, 0.2) is 5.69 Å². The summed E-state index contributed by atoms with van der Waals surface area (Å²) in [5, 5.41) is 55.8. The molecule has 60 heavy (non-hydrogen) atoms. The summed E-state index contributed by atoms with van der Waals surface area (Å²) < 4.78 is 35.8. The van der Waals surface area contributed by atoms with Gasteiger partial charge < -0.3 is 39.2 Å². The smallest absolute Gasteiger partial charge is 0.859 e. The number of carboxylic acid groups (broad SMARTS) is 2. The van der Waals surface area contributed by atoms with Crippen LogP contribution in [0.1, 0.15) is 32.1 Å². The molecule has 0 unspecified atom stereocenters. The summed E-state index contributed by atoms with van der Waals surface area (Å²) in [7, 11) is -4.84. The van der Waals surface area contributed by atoms with E-state index in [1.165, 1.54) is 29.8 Å². The Morgan fingerprint density at radius 1 is 0.733 bits per heavy atom. The molecule has 6 rings (SSSR count). The second-order valence-corrected chi connectivity index (χ2v) is 12.9. The zero-order valence-electron chi connectivity index (χ0n) is 32.0. The van der Waals surface area contributed by atoms with E-state index in [-0.39, 0.29) is 105 Å². The van der Waals surface area contributed by atoms with E-state index in [0.29, 0.717) is 22.8 Å². The summed E-state index contributed by atoms with van der Waals surface area (Å²) in [5.41, 5.74) is -0.0905. The predicted octanol–water partition coefficient (Wildman–Crippen LogP) is -3.38. The molecule has 0 aliphatic rings. The number of aromatic amines is 1. The van der Waals surface area contributed by atoms with Crippen LogP contribution < -0.4 is 90.7 Å². The van der Waals surface area contributed by atoms with Gasteiger partial charge in [-0.2, -0.15) is 0 Å². The average molecular weight is 887 g/mol. The van der Waals surface area contributed by atoms with Crippen LogP contribution in [0.5, 0.6) is 0 Å². The molecule has 0 aliphatic carbocycles. The summed E-state index contributed by atoms with van der Waals surface area (Å²) in [4.78, 5) is 50.7. The maximum atomic E-state index is 12.7. The van der Waals surface area contributed by atoms with Gasteiger partial charge in [0.1, 0.15) is 15.8 Å². The molecule has 0 bridgehead atoms. The number of azo groups is 2. The molecule has 6 aromatic rings. The Labute approximate surface area is 395 Å². The van der Waals surface area contributed by atoms with Crippen LogP contribution in [-0.4, -0.2) is 45.3 Å². The Balaban J connectivity index is 0.000000394. The number of benzene rings is 4. The standard InChI is InChI=1S/C20H17N5O4.C17H14N4O6S.Cr.2Na/c1-3-17(26)21-13-8-10-14(11-9-13)25-19(27)18(12(2)24-25)23-22-16-7-5-4-6-15(16)20(28)29;1-10-15(16(22)21(20-10)11-5-3-2-4-6-11)19-18-14-9-12(28(25,26)27)7-8-13(14)17(23)24;;;/h3-11,24H,1H2,2H3,(H,21,26)(H,28,29);2-9H,1H3,(H3,18,20,22,23,24,25,26,27);;;/q;;+3;2*+1/p-5. The molecule has 0 aliphatic heterocycles. The fourth-order valence-electron chi connectivity index (χ4n) is 4.91. The normalized spacial score (nSPS) is 11.2. The van der Waals surface area contributed by atoms with Gasteiger partial charge >= 0.3 is 76.5 Å². The zero-order chi connectivity index (χ0) is 41.4. The fraction of sp³-hybridized carbons (Fsp3) is 0.0541. The van der Waals surface area contributed by atoms with Crippen LogP contribution in [0, 0.1) is 13.8 Å². The van der Waals surface area contributed by atoms with Crippen molar-refractivity contribution in [2.24, 2.45) is 25.4 Å². The molecule has 0 spiro atoms. The van der Waals surface area contributed by atoms with E-state index < -0.39 is 55.2 Å². The number of hydrogen-bond donors (Lipinski definition) is 1. The molecule has 0 saturated carbocycles. The van der Waals surface area contributed by atoms with Crippen molar-refractivity contribution < 1.29 is 114 Å². The topological polar surface area (TPSA) is 296 Å². The van der Waals surface area contributed by atoms with E-state index in [2.05, 4.69) is 42.2 Å². The van der Waals surface area contributed by atoms with Crippen LogP contribution in [0.25, 0.3) is 11.4 Å². The molecule has 0 saturated heterocycles. The molecule has 4 aromatic carbocycles. The number of aromatic nitrogens is 4. The van der Waals surface area contributed by atoms with E-state index >= 15 is 0 Å². The number of H-pyrrole nitrogens is 1. The molecule has 1 radical (unpaired) electrons. The molecule has 19 nitrogen and oxygen atoms in total. The van der Waals surface area contributed by atoms with E-state index in [0.717, 1.165) is 29.0 Å². The van der Waals surface area contributed by atoms with Crippen molar-refractivity contribution >= 4 is 56.4 Å². The first-order valence-electron chi connectivity index (χ1n) is 16.2. The molecule has 23 heteroatoms. The van der Waals surface area contributed by atoms with Gasteiger partial charge in [0.05, 0.1) is 45.3 Å². The first kappa shape index (κ1) is 50.8. The largest absolute Gasteiger partial charge is 3.00 e. The van der Waals surface area contributed by atoms with Gasteiger partial charge in [0.2, 0.25) is 0 Å². The second-order valence-electron chi connectivity index (χ2n) is 11.5. The minimum atomic E-state index is -4.84. The molecular formula is C37H26CrN9Na2O10S. The Bertz CT molecular complexity index is 2840. The summed E-state index contributed by atoms with van der Waals surface area (Å²) in [6.45, 7) is 6.50. The Hall–Kier alpha value is -5.31. The monoisotopic (exact) mass is 886 g/mol. The third kappa shape index (κ3) is 12.4. The van der Waals surface area contributed by atoms with E-state index in [4.69, 9.17) is 0 Å². The van der Waals surface area contributed by atoms with Crippen LogP contribution in [0.2, 0.25) is 0 Å². The Kier molecular flexibility index (Phi) is 18.9. The Morgan fingerprint density at radius 2 is 1.30 bits per heavy atom. The first-order chi connectivity index (χ1) is 27.1. The molecular weight excluding hydrogens is 861 g/mol. The molecule has 2 heterocycles. The third-order valence-electron chi connectivity index (χ3n) is 7.67. The van der Waals surface area contributed by atoms with E-state index in [1.54, 1.807) is 67.6 Å². The second kappa shape index (κ2) is 22.3. The van der Waals surface area contributed by atoms with Crippen molar-refractivity contribution in [1.29, 1.82) is 0 Å². The number of aryl methyl sites for hydroxylation is 2. The summed E-state index contributed by atoms with van der Waals surface area (Å²) in [5.74, 6) is -3.50. The van der Waals surface area contributed by atoms with Crippen molar-refractivity contribution in [3.63, 3.8) is 0 Å². The number of carboxylic acids is 2. The van der Waals surface area contributed by atoms with Crippen LogP contribution in [-0.2, 0) is 27.5 Å². The van der Waals surface area contributed by atoms with Gasteiger partial charge in [-0.15, -0.1) is 26.2 Å². The van der Waals surface area contributed by atoms with Gasteiger partial charge in [-0.3, -0.25) is 19.7 Å². The van der Waals surface area contributed by atoms with E-state index in [9.17, 15) is 47.5 Å². The number of aromatic carboxylic acids is 2. The van der Waals surface area contributed by atoms with Crippen LogP contribution >= 0.6 is 0 Å². The van der Waals surface area contributed by atoms with Crippen LogP contribution in [0.3, 0.4) is 0 Å². The van der Waals surface area contributed by atoms with Crippen molar-refractivity contribution in [2.45, 2.75) is 18.7 Å². The van der Waals surface area contributed by atoms with Crippen molar-refractivity contribution in [2.75, 3.05) is 0 Å². The van der Waals surface area contributed by atoms with Gasteiger partial charge in [-0.05, 0) is 73.5 Å². The van der Waals surface area contributed by atoms with E-state index in [1.807, 2.05) is 0 Å². The summed E-state index contributed by atoms with van der Waals surface area (Å²) in [6, 6.07) is 23.3. The quantitative estimate of drug-likeness (QED) is 0.0440. The number of nitrogens with zero attached hydrogens (tertiary/aromatic N) is 8. The number of para-hydroxylation sites is 1. The SMILES string of the molecule is C=CC([O-])=Nc1ccc(-n2[nH]c(C)c(N=Nc3ccccc3C(=O)[O-])c2=O)cc1.Cc1[n-]n(-c2ccccc2)c(=O)c1N=Nc1cc(S(=O)(=O)[O-])ccc1C(=O)[O-].[Cr+3].[Na+].[Na+]. The molecule has 1 N–H and O–H groups in total. The maximum Gasteiger partial charge on any atom is 3.00 e. The van der Waals surface area contributed by atoms with Crippen molar-refractivity contribution in [3.05, 3.63) is 153 Å². The fourth-order valence-corrected chi connectivity index (χ4v) is 5.40. The number of carbonyl (C=O) groups excluding carboxylic acids is 2. The third-order valence-corrected chi connectivity index (χ3v) is 8.50. The minimum Gasteiger partial charge on any atom is -0.859 e. The summed E-state index contributed by atoms with van der Waals surface area (Å²) >= 11 is 0. The average Bonchev–Trinajstić information content (AvgIpc) is 3.64. The predicted molar refractivity (Wildman–Crippen MR) is 196 cm³/mol. The molecule has 293 valence electrons. The van der Waals surface area contributed by atoms with Crippen molar-refractivity contribution in [3.8, 4) is 11.4 Å². The number of aliphatic imine (C=N–C) groups is 1. The van der Waals surface area contributed by atoms with Gasteiger partial charge in [0.25, 0.3) is 11.1 Å². The zero-order valence-corrected chi connectivity index (χ0v) is 38.1. The van der Waals surface area contributed by atoms with Crippen molar-refractivity contribution in [1.82, 2.24) is 19.6 Å². The molecule has 0 amide bonds. The molecule has 0 fully saturated rings. The van der Waals surface area contributed by atoms with Crippen LogP contribution in [0.15, 0.2) is 150 Å². The molecule has 0 atom stereocenters. The summed E-state index contributed by atoms with van der Waals surface area (Å²) in [6.07, 6.45) is 1.10.